The van der Waals surface area contributed by atoms with Gasteiger partial charge >= 0.3 is 0 Å². The van der Waals surface area contributed by atoms with Crippen molar-refractivity contribution in [3.63, 3.8) is 0 Å². The zero-order chi connectivity index (χ0) is 11.1. The summed E-state index contributed by atoms with van der Waals surface area (Å²) in [4.78, 5) is 0. The lowest BCUT2D eigenvalue weighted by Crippen LogP contribution is -2.43. The summed E-state index contributed by atoms with van der Waals surface area (Å²) in [5.74, 6) is -2.07. The minimum absolute atomic E-state index is 0.211. The molecular weight excluding hydrogens is 222 g/mol. The maximum absolute atomic E-state index is 12.5. The van der Waals surface area contributed by atoms with E-state index < -0.39 is 12.0 Å². The average Bonchev–Trinajstić information content (AvgIpc) is 2.06. The molecule has 0 amide bonds. The van der Waals surface area contributed by atoms with Crippen molar-refractivity contribution in [2.45, 2.75) is 31.8 Å². The van der Waals surface area contributed by atoms with Crippen molar-refractivity contribution >= 4 is 11.6 Å². The van der Waals surface area contributed by atoms with Crippen molar-refractivity contribution in [2.75, 3.05) is 0 Å². The number of halogens is 3. The monoisotopic (exact) mass is 232 g/mol. The van der Waals surface area contributed by atoms with Crippen LogP contribution in [0, 0.1) is 6.92 Å². The first-order chi connectivity index (χ1) is 6.96. The molecular formula is C11H11ClF2O. The van der Waals surface area contributed by atoms with Crippen LogP contribution in [0.25, 0.3) is 0 Å². The first-order valence-corrected chi connectivity index (χ1v) is 5.15. The maximum Gasteiger partial charge on any atom is 0.255 e. The van der Waals surface area contributed by atoms with Crippen LogP contribution in [0.4, 0.5) is 8.78 Å². The summed E-state index contributed by atoms with van der Waals surface area (Å²) in [6.45, 7) is 1.91. The Balaban J connectivity index is 2.00. The van der Waals surface area contributed by atoms with E-state index in [-0.39, 0.29) is 12.8 Å². The summed E-state index contributed by atoms with van der Waals surface area (Å²) in [6.07, 6.45) is -0.825. The van der Waals surface area contributed by atoms with Crippen LogP contribution in [0.15, 0.2) is 18.2 Å². The van der Waals surface area contributed by atoms with Gasteiger partial charge in [0, 0.05) is 12.8 Å². The molecule has 0 aliphatic heterocycles. The Labute approximate surface area is 92.0 Å². The Kier molecular flexibility index (Phi) is 2.59. The van der Waals surface area contributed by atoms with Crippen LogP contribution >= 0.6 is 11.6 Å². The van der Waals surface area contributed by atoms with Crippen molar-refractivity contribution in [1.82, 2.24) is 0 Å². The van der Waals surface area contributed by atoms with Gasteiger partial charge in [0.15, 0.2) is 0 Å². The van der Waals surface area contributed by atoms with Gasteiger partial charge in [-0.3, -0.25) is 0 Å². The van der Waals surface area contributed by atoms with E-state index in [0.717, 1.165) is 5.56 Å². The molecule has 1 nitrogen and oxygen atoms in total. The fourth-order valence-corrected chi connectivity index (χ4v) is 1.85. The lowest BCUT2D eigenvalue weighted by atomic mass is 9.91. The van der Waals surface area contributed by atoms with Crippen LogP contribution in [0.5, 0.6) is 5.75 Å². The molecule has 4 heteroatoms. The fourth-order valence-electron chi connectivity index (χ4n) is 1.57. The van der Waals surface area contributed by atoms with Crippen molar-refractivity contribution in [3.05, 3.63) is 28.8 Å². The van der Waals surface area contributed by atoms with E-state index in [1.165, 1.54) is 0 Å². The molecule has 0 aromatic heterocycles. The molecule has 0 unspecified atom stereocenters. The molecule has 0 bridgehead atoms. The van der Waals surface area contributed by atoms with E-state index in [9.17, 15) is 8.78 Å². The van der Waals surface area contributed by atoms with Gasteiger partial charge in [-0.1, -0.05) is 17.7 Å². The van der Waals surface area contributed by atoms with Gasteiger partial charge < -0.3 is 4.74 Å². The van der Waals surface area contributed by atoms with Gasteiger partial charge in [0.1, 0.15) is 11.9 Å². The lowest BCUT2D eigenvalue weighted by molar-refractivity contribution is -0.134. The summed E-state index contributed by atoms with van der Waals surface area (Å²) in [6, 6.07) is 5.32. The second-order valence-electron chi connectivity index (χ2n) is 3.94. The molecule has 1 aliphatic rings. The SMILES string of the molecule is Cc1ccc(OC2CC(F)(F)C2)c(Cl)c1. The molecule has 2 rings (SSSR count). The highest BCUT2D eigenvalue weighted by Crippen LogP contribution is 2.40. The molecule has 0 saturated heterocycles. The predicted octanol–water partition coefficient (Wildman–Crippen LogP) is 3.82. The van der Waals surface area contributed by atoms with Crippen LogP contribution in [-0.2, 0) is 0 Å². The van der Waals surface area contributed by atoms with Crippen molar-refractivity contribution in [3.8, 4) is 5.75 Å². The summed E-state index contributed by atoms with van der Waals surface area (Å²) in [5.41, 5.74) is 1.02. The minimum Gasteiger partial charge on any atom is -0.488 e. The second-order valence-corrected chi connectivity index (χ2v) is 4.35. The third kappa shape index (κ3) is 2.40. The Morgan fingerprint density at radius 2 is 2.07 bits per heavy atom. The predicted molar refractivity (Wildman–Crippen MR) is 54.8 cm³/mol. The van der Waals surface area contributed by atoms with E-state index in [0.29, 0.717) is 10.8 Å². The number of aryl methyl sites for hydroxylation is 1. The Morgan fingerprint density at radius 1 is 1.40 bits per heavy atom. The molecule has 1 aromatic rings. The number of rotatable bonds is 2. The largest absolute Gasteiger partial charge is 0.488 e. The smallest absolute Gasteiger partial charge is 0.255 e. The normalized spacial score (nSPS) is 19.7. The molecule has 1 fully saturated rings. The Morgan fingerprint density at radius 3 is 2.60 bits per heavy atom. The second kappa shape index (κ2) is 3.63. The van der Waals surface area contributed by atoms with Crippen molar-refractivity contribution < 1.29 is 13.5 Å². The third-order valence-electron chi connectivity index (χ3n) is 2.43. The van der Waals surface area contributed by atoms with Crippen molar-refractivity contribution in [1.29, 1.82) is 0 Å². The molecule has 0 radical (unpaired) electrons. The molecule has 1 aromatic carbocycles. The lowest BCUT2D eigenvalue weighted by Gasteiger charge is -2.35. The van der Waals surface area contributed by atoms with Crippen LogP contribution in [-0.4, -0.2) is 12.0 Å². The Hall–Kier alpha value is -0.830. The first kappa shape index (κ1) is 10.7. The van der Waals surface area contributed by atoms with E-state index in [1.54, 1.807) is 12.1 Å². The maximum atomic E-state index is 12.5. The van der Waals surface area contributed by atoms with Gasteiger partial charge in [0.2, 0.25) is 0 Å². The van der Waals surface area contributed by atoms with Gasteiger partial charge in [-0.2, -0.15) is 0 Å². The molecule has 1 aliphatic carbocycles. The molecule has 0 N–H and O–H groups in total. The van der Waals surface area contributed by atoms with Gasteiger partial charge in [0.05, 0.1) is 5.02 Å². The van der Waals surface area contributed by atoms with Gasteiger partial charge in [-0.05, 0) is 24.6 Å². The highest BCUT2D eigenvalue weighted by molar-refractivity contribution is 6.32. The molecule has 1 saturated carbocycles. The van der Waals surface area contributed by atoms with E-state index in [1.807, 2.05) is 13.0 Å². The molecule has 0 atom stereocenters. The summed E-state index contributed by atoms with van der Waals surface area (Å²) >= 11 is 5.91. The number of hydrogen-bond donors (Lipinski definition) is 0. The Bertz CT molecular complexity index is 371. The molecule has 15 heavy (non-hydrogen) atoms. The van der Waals surface area contributed by atoms with E-state index in [4.69, 9.17) is 16.3 Å². The standard InChI is InChI=1S/C11H11ClF2O/c1-7-2-3-10(9(12)4-7)15-8-5-11(13,14)6-8/h2-4,8H,5-6H2,1H3. The fraction of sp³-hybridized carbons (Fsp3) is 0.455. The number of benzene rings is 1. The van der Waals surface area contributed by atoms with E-state index >= 15 is 0 Å². The van der Waals surface area contributed by atoms with Gasteiger partial charge in [0.25, 0.3) is 5.92 Å². The highest BCUT2D eigenvalue weighted by atomic mass is 35.5. The number of alkyl halides is 2. The zero-order valence-corrected chi connectivity index (χ0v) is 9.02. The number of ether oxygens (including phenoxy) is 1. The zero-order valence-electron chi connectivity index (χ0n) is 8.27. The summed E-state index contributed by atoms with van der Waals surface area (Å²) < 4.78 is 30.4. The third-order valence-corrected chi connectivity index (χ3v) is 2.73. The topological polar surface area (TPSA) is 9.23 Å². The van der Waals surface area contributed by atoms with Crippen molar-refractivity contribution in [2.24, 2.45) is 0 Å². The first-order valence-electron chi connectivity index (χ1n) is 4.77. The quantitative estimate of drug-likeness (QED) is 0.753. The minimum atomic E-state index is -2.55. The summed E-state index contributed by atoms with van der Waals surface area (Å²) in [7, 11) is 0. The highest BCUT2D eigenvalue weighted by Gasteiger charge is 2.47. The molecule has 82 valence electrons. The van der Waals surface area contributed by atoms with Crippen LogP contribution < -0.4 is 4.74 Å². The number of hydrogen-bond acceptors (Lipinski definition) is 1. The van der Waals surface area contributed by atoms with Crippen LogP contribution in [0.1, 0.15) is 18.4 Å². The molecule has 0 spiro atoms. The van der Waals surface area contributed by atoms with Gasteiger partial charge in [-0.15, -0.1) is 0 Å². The molecule has 0 heterocycles. The van der Waals surface area contributed by atoms with Gasteiger partial charge in [-0.25, -0.2) is 8.78 Å². The van der Waals surface area contributed by atoms with Crippen LogP contribution in [0.3, 0.4) is 0 Å². The average molecular weight is 233 g/mol. The van der Waals surface area contributed by atoms with E-state index in [2.05, 4.69) is 0 Å². The summed E-state index contributed by atoms with van der Waals surface area (Å²) in [5, 5.41) is 0.477. The van der Waals surface area contributed by atoms with Crippen LogP contribution in [0.2, 0.25) is 5.02 Å².